The van der Waals surface area contributed by atoms with Gasteiger partial charge in [-0.15, -0.1) is 0 Å². The number of esters is 1. The maximum atomic E-state index is 11.8. The number of hydrogen-bond donors (Lipinski definition) is 1. The van der Waals surface area contributed by atoms with Crippen LogP contribution in [0.25, 0.3) is 34.2 Å². The molecule has 44 heavy (non-hydrogen) atoms. The molecule has 4 aromatic rings. The molecule has 0 bridgehead atoms. The first-order valence-corrected chi connectivity index (χ1v) is 15.3. The Morgan fingerprint density at radius 2 is 1.07 bits per heavy atom. The fourth-order valence-electron chi connectivity index (χ4n) is 5.72. The topological polar surface area (TPSA) is 94.4 Å². The Morgan fingerprint density at radius 1 is 0.636 bits per heavy atom. The van der Waals surface area contributed by atoms with E-state index in [0.717, 1.165) is 39.8 Å². The van der Waals surface area contributed by atoms with Gasteiger partial charge in [-0.2, -0.15) is 0 Å². The van der Waals surface area contributed by atoms with Crippen molar-refractivity contribution in [2.75, 3.05) is 13.2 Å². The molecule has 4 rings (SSSR count). The first kappa shape index (κ1) is 32.6. The first-order chi connectivity index (χ1) is 20.8. The Morgan fingerprint density at radius 3 is 1.50 bits per heavy atom. The number of aromatic nitrogens is 3. The maximum Gasteiger partial charge on any atom is 0.309 e. The van der Waals surface area contributed by atoms with Crippen molar-refractivity contribution >= 4 is 5.97 Å². The summed E-state index contributed by atoms with van der Waals surface area (Å²) in [6.07, 6.45) is 0.901. The second kappa shape index (κ2) is 13.2. The van der Waals surface area contributed by atoms with Gasteiger partial charge >= 0.3 is 5.97 Å². The minimum Gasteiger partial charge on any atom is -0.507 e. The lowest BCUT2D eigenvalue weighted by Crippen LogP contribution is -2.10. The van der Waals surface area contributed by atoms with Crippen LogP contribution in [-0.4, -0.2) is 39.2 Å². The lowest BCUT2D eigenvalue weighted by atomic mass is 9.88. The molecule has 0 spiro atoms. The highest BCUT2D eigenvalue weighted by atomic mass is 16.5. The van der Waals surface area contributed by atoms with E-state index in [1.165, 1.54) is 39.4 Å². The largest absolute Gasteiger partial charge is 0.507 e. The zero-order valence-electron chi connectivity index (χ0n) is 28.1. The summed E-state index contributed by atoms with van der Waals surface area (Å²) in [5.41, 5.74) is 14.3. The Labute approximate surface area is 261 Å². The highest BCUT2D eigenvalue weighted by Gasteiger charge is 2.23. The van der Waals surface area contributed by atoms with Gasteiger partial charge in [-0.1, -0.05) is 6.92 Å². The summed E-state index contributed by atoms with van der Waals surface area (Å²) < 4.78 is 10.8. The van der Waals surface area contributed by atoms with E-state index in [0.29, 0.717) is 35.4 Å². The molecule has 3 aromatic carbocycles. The lowest BCUT2D eigenvalue weighted by molar-refractivity contribution is -0.144. The van der Waals surface area contributed by atoms with Crippen LogP contribution in [0.5, 0.6) is 11.5 Å². The standard InChI is InChI=1S/C37H45N3O4/c1-12-16-44-32(42)15-17-43-29-13-14-30(31(41)18-29)35-38-36(33-25(8)21(4)19(2)22(5)26(33)9)40-37(39-35)34-27(10)23(6)20(3)24(7)28(34)11/h13-14,18,41H,12,15-17H2,1-11H3. The minimum atomic E-state index is -0.308. The Balaban J connectivity index is 1.88. The summed E-state index contributed by atoms with van der Waals surface area (Å²) in [6, 6.07) is 5.03. The third kappa shape index (κ3) is 6.19. The van der Waals surface area contributed by atoms with Gasteiger partial charge in [-0.05, 0) is 143 Å². The van der Waals surface area contributed by atoms with E-state index >= 15 is 0 Å². The van der Waals surface area contributed by atoms with Crippen LogP contribution in [0.3, 0.4) is 0 Å². The molecule has 0 amide bonds. The number of hydrogen-bond acceptors (Lipinski definition) is 7. The van der Waals surface area contributed by atoms with Crippen molar-refractivity contribution in [2.24, 2.45) is 0 Å². The number of nitrogens with zero attached hydrogens (tertiary/aromatic N) is 3. The van der Waals surface area contributed by atoms with Crippen LogP contribution in [0.15, 0.2) is 18.2 Å². The molecule has 1 N–H and O–H groups in total. The number of carbonyl (C=O) groups is 1. The number of ether oxygens (including phenoxy) is 2. The average Bonchev–Trinajstić information content (AvgIpc) is 3.00. The van der Waals surface area contributed by atoms with Gasteiger partial charge in [0.2, 0.25) is 0 Å². The Kier molecular flexibility index (Phi) is 9.77. The molecule has 1 heterocycles. The van der Waals surface area contributed by atoms with E-state index in [2.05, 4.69) is 69.2 Å². The monoisotopic (exact) mass is 595 g/mol. The second-order valence-electron chi connectivity index (χ2n) is 11.8. The summed E-state index contributed by atoms with van der Waals surface area (Å²) in [5, 5.41) is 11.2. The molecule has 0 unspecified atom stereocenters. The van der Waals surface area contributed by atoms with Gasteiger partial charge in [-0.3, -0.25) is 4.79 Å². The van der Waals surface area contributed by atoms with E-state index in [9.17, 15) is 9.90 Å². The van der Waals surface area contributed by atoms with Crippen molar-refractivity contribution < 1.29 is 19.4 Å². The number of carbonyl (C=O) groups excluding carboxylic acids is 1. The molecule has 232 valence electrons. The van der Waals surface area contributed by atoms with Gasteiger partial charge in [0, 0.05) is 17.2 Å². The van der Waals surface area contributed by atoms with Crippen LogP contribution >= 0.6 is 0 Å². The number of aromatic hydroxyl groups is 1. The molecule has 0 fully saturated rings. The molecule has 0 atom stereocenters. The maximum absolute atomic E-state index is 11.8. The van der Waals surface area contributed by atoms with E-state index in [4.69, 9.17) is 24.4 Å². The zero-order valence-corrected chi connectivity index (χ0v) is 28.1. The Bertz CT molecular complexity index is 1610. The third-order valence-corrected chi connectivity index (χ3v) is 9.33. The van der Waals surface area contributed by atoms with E-state index in [1.54, 1.807) is 12.1 Å². The van der Waals surface area contributed by atoms with Crippen molar-refractivity contribution in [1.82, 2.24) is 15.0 Å². The summed E-state index contributed by atoms with van der Waals surface area (Å²) in [4.78, 5) is 26.9. The van der Waals surface area contributed by atoms with Crippen LogP contribution in [-0.2, 0) is 9.53 Å². The van der Waals surface area contributed by atoms with E-state index < -0.39 is 0 Å². The molecule has 0 aliphatic carbocycles. The molecule has 7 nitrogen and oxygen atoms in total. The highest BCUT2D eigenvalue weighted by Crippen LogP contribution is 2.38. The fourth-order valence-corrected chi connectivity index (χ4v) is 5.72. The smallest absolute Gasteiger partial charge is 0.309 e. The van der Waals surface area contributed by atoms with Gasteiger partial charge in [0.25, 0.3) is 0 Å². The summed E-state index contributed by atoms with van der Waals surface area (Å²) >= 11 is 0. The van der Waals surface area contributed by atoms with Crippen LogP contribution < -0.4 is 4.74 Å². The molecule has 0 aliphatic rings. The second-order valence-corrected chi connectivity index (χ2v) is 11.8. The van der Waals surface area contributed by atoms with Gasteiger partial charge in [0.15, 0.2) is 17.5 Å². The summed E-state index contributed by atoms with van der Waals surface area (Å²) in [5.74, 6) is 1.64. The number of phenolic OH excluding ortho intramolecular Hbond substituents is 1. The molecule has 0 aliphatic heterocycles. The van der Waals surface area contributed by atoms with E-state index in [-0.39, 0.29) is 24.7 Å². The predicted octanol–water partition coefficient (Wildman–Crippen LogP) is 8.38. The number of phenols is 1. The van der Waals surface area contributed by atoms with Crippen LogP contribution in [0, 0.1) is 69.2 Å². The fraction of sp³-hybridized carbons (Fsp3) is 0.405. The molecule has 0 saturated carbocycles. The van der Waals surface area contributed by atoms with Crippen molar-refractivity contribution in [3.05, 3.63) is 73.8 Å². The average molecular weight is 596 g/mol. The minimum absolute atomic E-state index is 0.0198. The van der Waals surface area contributed by atoms with Gasteiger partial charge in [0.05, 0.1) is 25.2 Å². The molecule has 1 aromatic heterocycles. The number of rotatable bonds is 9. The third-order valence-electron chi connectivity index (χ3n) is 9.33. The lowest BCUT2D eigenvalue weighted by Gasteiger charge is -2.21. The van der Waals surface area contributed by atoms with Crippen molar-refractivity contribution in [1.29, 1.82) is 0 Å². The van der Waals surface area contributed by atoms with Crippen molar-refractivity contribution in [2.45, 2.75) is 89.0 Å². The number of benzene rings is 3. The van der Waals surface area contributed by atoms with Crippen molar-refractivity contribution in [3.8, 4) is 45.7 Å². The molecular formula is C37H45N3O4. The summed E-state index contributed by atoms with van der Waals surface area (Å²) in [6.45, 7) is 23.8. The quantitative estimate of drug-likeness (QED) is 0.194. The first-order valence-electron chi connectivity index (χ1n) is 15.3. The van der Waals surface area contributed by atoms with Gasteiger partial charge < -0.3 is 14.6 Å². The van der Waals surface area contributed by atoms with Crippen LogP contribution in [0.4, 0.5) is 0 Å². The van der Waals surface area contributed by atoms with Gasteiger partial charge in [0.1, 0.15) is 11.5 Å². The predicted molar refractivity (Wildman–Crippen MR) is 177 cm³/mol. The van der Waals surface area contributed by atoms with Crippen LogP contribution in [0.1, 0.15) is 75.4 Å². The SMILES string of the molecule is CCCOC(=O)CCOc1ccc(-c2nc(-c3c(C)c(C)c(C)c(C)c3C)nc(-c3c(C)c(C)c(C)c(C)c3C)n2)c(O)c1. The Hall–Kier alpha value is -4.26. The van der Waals surface area contributed by atoms with Crippen molar-refractivity contribution in [3.63, 3.8) is 0 Å². The molecular weight excluding hydrogens is 550 g/mol. The summed E-state index contributed by atoms with van der Waals surface area (Å²) in [7, 11) is 0. The zero-order chi connectivity index (χ0) is 32.5. The molecule has 0 saturated heterocycles. The normalized spacial score (nSPS) is 11.2. The molecule has 0 radical (unpaired) electrons. The van der Waals surface area contributed by atoms with Gasteiger partial charge in [-0.25, -0.2) is 15.0 Å². The molecule has 7 heteroatoms. The highest BCUT2D eigenvalue weighted by molar-refractivity contribution is 5.77. The van der Waals surface area contributed by atoms with Crippen LogP contribution in [0.2, 0.25) is 0 Å². The van der Waals surface area contributed by atoms with E-state index in [1.807, 2.05) is 6.92 Å².